The predicted molar refractivity (Wildman–Crippen MR) is 128 cm³/mol. The van der Waals surface area contributed by atoms with Crippen molar-refractivity contribution in [3.8, 4) is 0 Å². The van der Waals surface area contributed by atoms with Crippen LogP contribution in [0, 0.1) is 11.8 Å². The normalized spacial score (nSPS) is 24.6. The molecule has 3 rings (SSSR count). The summed E-state index contributed by atoms with van der Waals surface area (Å²) in [7, 11) is 1.65. The number of thioether (sulfide) groups is 1. The molecule has 0 radical (unpaired) electrons. The lowest BCUT2D eigenvalue weighted by molar-refractivity contribution is -0.142. The molecule has 2 N–H and O–H groups in total. The first-order valence-electron chi connectivity index (χ1n) is 12.2. The number of nitrogens with one attached hydrogen (secondary N) is 2. The molecule has 2 amide bonds. The Balaban J connectivity index is 1.65. The van der Waals surface area contributed by atoms with Crippen LogP contribution in [-0.2, 0) is 23.9 Å². The number of nitrogens with zero attached hydrogens (tertiary/aromatic N) is 2. The summed E-state index contributed by atoms with van der Waals surface area (Å²) in [4.78, 5) is 41.0. The van der Waals surface area contributed by atoms with E-state index in [-0.39, 0.29) is 17.7 Å². The number of hydrogen-bond acceptors (Lipinski definition) is 7. The van der Waals surface area contributed by atoms with Gasteiger partial charge in [-0.2, -0.15) is 0 Å². The van der Waals surface area contributed by atoms with E-state index in [1.165, 1.54) is 0 Å². The van der Waals surface area contributed by atoms with Crippen molar-refractivity contribution in [3.63, 3.8) is 0 Å². The Hall–Kier alpha value is -1.65. The summed E-state index contributed by atoms with van der Waals surface area (Å²) in [6, 6.07) is -0.519. The van der Waals surface area contributed by atoms with Crippen molar-refractivity contribution < 1.29 is 23.9 Å². The van der Waals surface area contributed by atoms with E-state index in [0.29, 0.717) is 50.4 Å². The van der Waals surface area contributed by atoms with Crippen molar-refractivity contribution in [2.45, 2.75) is 70.4 Å². The lowest BCUT2D eigenvalue weighted by Crippen LogP contribution is -2.53. The Kier molecular flexibility index (Phi) is 10.5. The van der Waals surface area contributed by atoms with Gasteiger partial charge < -0.3 is 19.7 Å². The fraction of sp³-hybridized carbons (Fsp3) is 0.826. The van der Waals surface area contributed by atoms with Crippen LogP contribution in [0.1, 0.15) is 58.3 Å². The van der Waals surface area contributed by atoms with Gasteiger partial charge in [-0.25, -0.2) is 5.43 Å². The number of ketones is 1. The Bertz CT molecular complexity index is 707. The highest BCUT2D eigenvalue weighted by molar-refractivity contribution is 8.14. The maximum atomic E-state index is 13.2. The molecule has 1 aliphatic carbocycles. The minimum Gasteiger partial charge on any atom is -0.383 e. The number of ether oxygens (including phenoxy) is 2. The predicted octanol–water partition coefficient (Wildman–Crippen LogP) is 1.91. The van der Waals surface area contributed by atoms with Gasteiger partial charge in [-0.15, -0.1) is 5.10 Å². The minimum absolute atomic E-state index is 0.0765. The average molecular weight is 483 g/mol. The van der Waals surface area contributed by atoms with E-state index in [1.54, 1.807) is 18.9 Å². The number of Topliss-reactive ketones (excluding diaryl/α,β-unsaturated/α-hetero) is 1. The number of hydrazone groups is 1. The summed E-state index contributed by atoms with van der Waals surface area (Å²) in [5, 5.41) is 7.89. The number of carbonyl (C=O) groups excluding carboxylic acids is 3. The smallest absolute Gasteiger partial charge is 0.309 e. The van der Waals surface area contributed by atoms with E-state index >= 15 is 0 Å². The average Bonchev–Trinajstić information content (AvgIpc) is 3.26. The minimum atomic E-state index is -0.840. The summed E-state index contributed by atoms with van der Waals surface area (Å²) in [6.07, 6.45) is 7.13. The number of hydrogen-bond donors (Lipinski definition) is 2. The molecule has 0 bridgehead atoms. The molecule has 9 nitrogen and oxygen atoms in total. The lowest BCUT2D eigenvalue weighted by atomic mass is 9.85. The van der Waals surface area contributed by atoms with Crippen molar-refractivity contribution in [3.05, 3.63) is 0 Å². The lowest BCUT2D eigenvalue weighted by Gasteiger charge is -2.31. The van der Waals surface area contributed by atoms with Gasteiger partial charge in [-0.3, -0.25) is 14.4 Å². The summed E-state index contributed by atoms with van der Waals surface area (Å²) >= 11 is 1.56. The van der Waals surface area contributed by atoms with E-state index in [4.69, 9.17) is 9.47 Å². The molecule has 10 heteroatoms. The largest absolute Gasteiger partial charge is 0.383 e. The Labute approximate surface area is 200 Å². The number of methoxy groups -OCH3 is 1. The molecule has 2 atom stereocenters. The van der Waals surface area contributed by atoms with Gasteiger partial charge in [0.2, 0.25) is 11.7 Å². The van der Waals surface area contributed by atoms with Crippen LogP contribution < -0.4 is 10.7 Å². The van der Waals surface area contributed by atoms with Crippen LogP contribution in [0.4, 0.5) is 0 Å². The molecule has 2 aliphatic heterocycles. The summed E-state index contributed by atoms with van der Waals surface area (Å²) in [5.41, 5.74) is 2.46. The zero-order valence-electron chi connectivity index (χ0n) is 19.8. The summed E-state index contributed by atoms with van der Waals surface area (Å²) in [5.74, 6) is -0.830. The molecule has 33 heavy (non-hydrogen) atoms. The molecule has 0 aromatic rings. The molecule has 0 aromatic heterocycles. The van der Waals surface area contributed by atoms with Crippen LogP contribution in [0.5, 0.6) is 0 Å². The number of amidine groups is 1. The van der Waals surface area contributed by atoms with Crippen LogP contribution in [0.3, 0.4) is 0 Å². The summed E-state index contributed by atoms with van der Waals surface area (Å²) < 4.78 is 10.6. The van der Waals surface area contributed by atoms with Crippen molar-refractivity contribution in [1.82, 2.24) is 15.6 Å². The zero-order valence-corrected chi connectivity index (χ0v) is 20.7. The van der Waals surface area contributed by atoms with Crippen LogP contribution >= 0.6 is 11.8 Å². The van der Waals surface area contributed by atoms with Crippen molar-refractivity contribution >= 4 is 34.5 Å². The second-order valence-electron chi connectivity index (χ2n) is 9.03. The second kappa shape index (κ2) is 13.3. The van der Waals surface area contributed by atoms with Crippen LogP contribution in [-0.4, -0.2) is 79.0 Å². The van der Waals surface area contributed by atoms with Crippen molar-refractivity contribution in [2.24, 2.45) is 16.9 Å². The molecular weight excluding hydrogens is 444 g/mol. The summed E-state index contributed by atoms with van der Waals surface area (Å²) in [6.45, 7) is 4.40. The maximum Gasteiger partial charge on any atom is 0.309 e. The molecule has 1 saturated carbocycles. The van der Waals surface area contributed by atoms with Crippen LogP contribution in [0.2, 0.25) is 0 Å². The number of rotatable bonds is 10. The molecule has 3 fully saturated rings. The molecule has 2 heterocycles. The standard InChI is InChI=1S/C23H38N4O5S/c1-3-18-15-33-23(27(18)11-14-31-2)26-25-22(30)20(28)19(16-9-12-32-13-10-16)24-21(29)17-7-5-4-6-8-17/h16-19H,3-15H2,1-2H3,(H,24,29)(H,25,30)/t18-,19-/m1/s1. The van der Waals surface area contributed by atoms with Gasteiger partial charge in [-0.05, 0) is 38.0 Å². The Morgan fingerprint density at radius 3 is 2.58 bits per heavy atom. The first-order valence-corrected chi connectivity index (χ1v) is 13.2. The van der Waals surface area contributed by atoms with Gasteiger partial charge in [0, 0.05) is 44.6 Å². The fourth-order valence-electron chi connectivity index (χ4n) is 4.78. The number of amides is 2. The zero-order chi connectivity index (χ0) is 23.6. The van der Waals surface area contributed by atoms with E-state index in [0.717, 1.165) is 44.3 Å². The Morgan fingerprint density at radius 1 is 1.18 bits per heavy atom. The van der Waals surface area contributed by atoms with Crippen LogP contribution in [0.15, 0.2) is 5.10 Å². The van der Waals surface area contributed by atoms with E-state index in [1.807, 2.05) is 0 Å². The monoisotopic (exact) mass is 482 g/mol. The van der Waals surface area contributed by atoms with E-state index in [9.17, 15) is 14.4 Å². The molecule has 0 unspecified atom stereocenters. The highest BCUT2D eigenvalue weighted by Gasteiger charge is 2.37. The maximum absolute atomic E-state index is 13.2. The molecule has 3 aliphatic rings. The van der Waals surface area contributed by atoms with E-state index < -0.39 is 17.7 Å². The molecule has 0 spiro atoms. The first kappa shape index (κ1) is 26.0. The van der Waals surface area contributed by atoms with Gasteiger partial charge in [0.05, 0.1) is 6.61 Å². The third-order valence-electron chi connectivity index (χ3n) is 6.87. The van der Waals surface area contributed by atoms with Crippen LogP contribution in [0.25, 0.3) is 0 Å². The quantitative estimate of drug-likeness (QED) is 0.362. The SMILES string of the molecule is CC[C@@H]1CSC(=NNC(=O)C(=O)[C@H](NC(=O)C2CCCCC2)C2CCOCC2)N1CCOC. The molecule has 2 saturated heterocycles. The highest BCUT2D eigenvalue weighted by Crippen LogP contribution is 2.27. The fourth-order valence-corrected chi connectivity index (χ4v) is 6.05. The van der Waals surface area contributed by atoms with Crippen molar-refractivity contribution in [1.29, 1.82) is 0 Å². The van der Waals surface area contributed by atoms with Gasteiger partial charge in [0.15, 0.2) is 5.17 Å². The molecule has 0 aromatic carbocycles. The second-order valence-corrected chi connectivity index (χ2v) is 10.0. The van der Waals surface area contributed by atoms with Gasteiger partial charge in [-0.1, -0.05) is 37.9 Å². The Morgan fingerprint density at radius 2 is 1.91 bits per heavy atom. The van der Waals surface area contributed by atoms with Gasteiger partial charge >= 0.3 is 5.91 Å². The third-order valence-corrected chi connectivity index (χ3v) is 8.00. The topological polar surface area (TPSA) is 109 Å². The molecule has 186 valence electrons. The van der Waals surface area contributed by atoms with Crippen molar-refractivity contribution in [2.75, 3.05) is 39.2 Å². The number of carbonyl (C=O) groups is 3. The highest BCUT2D eigenvalue weighted by atomic mass is 32.2. The third kappa shape index (κ3) is 7.16. The van der Waals surface area contributed by atoms with E-state index in [2.05, 4.69) is 27.7 Å². The van der Waals surface area contributed by atoms with Gasteiger partial charge in [0.1, 0.15) is 6.04 Å². The van der Waals surface area contributed by atoms with Gasteiger partial charge in [0.25, 0.3) is 0 Å². The molecular formula is C23H38N4O5S. The first-order chi connectivity index (χ1) is 16.0.